The van der Waals surface area contributed by atoms with Gasteiger partial charge in [-0.05, 0) is 32.0 Å². The summed E-state index contributed by atoms with van der Waals surface area (Å²) in [5, 5.41) is 3.05. The fraction of sp³-hybridized carbons (Fsp3) is 0.385. The van der Waals surface area contributed by atoms with Gasteiger partial charge in [-0.1, -0.05) is 0 Å². The minimum atomic E-state index is -0.345. The predicted molar refractivity (Wildman–Crippen MR) is 72.6 cm³/mol. The summed E-state index contributed by atoms with van der Waals surface area (Å²) in [5.74, 6) is -0.0966. The molecule has 5 nitrogen and oxygen atoms in total. The first-order chi connectivity index (χ1) is 8.32. The van der Waals surface area contributed by atoms with Crippen molar-refractivity contribution in [2.45, 2.75) is 19.9 Å². The predicted octanol–water partition coefficient (Wildman–Crippen LogP) is 1.36. The molecule has 1 unspecified atom stereocenters. The molecule has 98 valence electrons. The van der Waals surface area contributed by atoms with Crippen molar-refractivity contribution >= 4 is 23.1 Å². The molecule has 5 heteroatoms. The average Bonchev–Trinajstić information content (AvgIpc) is 2.27. The zero-order valence-electron chi connectivity index (χ0n) is 11.2. The van der Waals surface area contributed by atoms with E-state index in [1.54, 1.807) is 39.2 Å². The van der Waals surface area contributed by atoms with Gasteiger partial charge in [0.1, 0.15) is 6.04 Å². The van der Waals surface area contributed by atoms with Gasteiger partial charge in [-0.25, -0.2) is 0 Å². The van der Waals surface area contributed by atoms with Crippen LogP contribution >= 0.6 is 0 Å². The Hall–Kier alpha value is -2.04. The second kappa shape index (κ2) is 5.53. The Balaban J connectivity index is 2.84. The normalized spacial score (nSPS) is 11.8. The quantitative estimate of drug-likeness (QED) is 0.624. The first kappa shape index (κ1) is 14.0. The smallest absolute Gasteiger partial charge is 0.244 e. The number of nitrogen functional groups attached to an aromatic ring is 1. The van der Waals surface area contributed by atoms with Crippen LogP contribution in [0.1, 0.15) is 24.2 Å². The SMILES string of the molecule is CC(=O)c1ccc(NC(C)C(=O)N(C)C)cc1N. The molecule has 0 aliphatic rings. The zero-order valence-corrected chi connectivity index (χ0v) is 11.2. The van der Waals surface area contributed by atoms with Crippen LogP contribution < -0.4 is 11.1 Å². The van der Waals surface area contributed by atoms with Crippen molar-refractivity contribution in [2.75, 3.05) is 25.1 Å². The van der Waals surface area contributed by atoms with Crippen molar-refractivity contribution in [1.29, 1.82) is 0 Å². The number of benzene rings is 1. The topological polar surface area (TPSA) is 75.4 Å². The molecule has 18 heavy (non-hydrogen) atoms. The highest BCUT2D eigenvalue weighted by atomic mass is 16.2. The molecule has 0 bridgehead atoms. The first-order valence-corrected chi connectivity index (χ1v) is 5.71. The van der Waals surface area contributed by atoms with E-state index in [2.05, 4.69) is 5.32 Å². The number of nitrogens with zero attached hydrogens (tertiary/aromatic N) is 1. The summed E-state index contributed by atoms with van der Waals surface area (Å²) in [7, 11) is 3.40. The summed E-state index contributed by atoms with van der Waals surface area (Å²) in [6.45, 7) is 3.24. The van der Waals surface area contributed by atoms with Gasteiger partial charge in [-0.3, -0.25) is 9.59 Å². The lowest BCUT2D eigenvalue weighted by Gasteiger charge is -2.19. The molecule has 0 aliphatic carbocycles. The molecular weight excluding hydrogens is 230 g/mol. The molecule has 0 aliphatic heterocycles. The fourth-order valence-electron chi connectivity index (χ4n) is 1.67. The van der Waals surface area contributed by atoms with Crippen LogP contribution in [0.25, 0.3) is 0 Å². The van der Waals surface area contributed by atoms with E-state index in [4.69, 9.17) is 5.73 Å². The van der Waals surface area contributed by atoms with Crippen LogP contribution in [0.2, 0.25) is 0 Å². The molecule has 0 saturated carbocycles. The molecule has 1 aromatic carbocycles. The van der Waals surface area contributed by atoms with E-state index in [9.17, 15) is 9.59 Å². The lowest BCUT2D eigenvalue weighted by molar-refractivity contribution is -0.129. The van der Waals surface area contributed by atoms with Gasteiger partial charge in [0.2, 0.25) is 5.91 Å². The fourth-order valence-corrected chi connectivity index (χ4v) is 1.67. The molecule has 1 atom stereocenters. The molecule has 0 aromatic heterocycles. The van der Waals surface area contributed by atoms with Crippen molar-refractivity contribution in [3.63, 3.8) is 0 Å². The number of hydrogen-bond acceptors (Lipinski definition) is 4. The number of carbonyl (C=O) groups excluding carboxylic acids is 2. The Labute approximate surface area is 107 Å². The Morgan fingerprint density at radius 3 is 2.39 bits per heavy atom. The monoisotopic (exact) mass is 249 g/mol. The molecule has 1 amide bonds. The van der Waals surface area contributed by atoms with E-state index in [0.717, 1.165) is 5.69 Å². The number of carbonyl (C=O) groups is 2. The standard InChI is InChI=1S/C13H19N3O2/c1-8(13(18)16(3)4)15-10-5-6-11(9(2)17)12(14)7-10/h5-8,15H,14H2,1-4H3. The Bertz CT molecular complexity index is 469. The van der Waals surface area contributed by atoms with Crippen LogP contribution in [-0.2, 0) is 4.79 Å². The number of ketones is 1. The second-order valence-electron chi connectivity index (χ2n) is 4.46. The van der Waals surface area contributed by atoms with Crippen LogP contribution in [-0.4, -0.2) is 36.7 Å². The number of rotatable bonds is 4. The molecule has 0 radical (unpaired) electrons. The van der Waals surface area contributed by atoms with Gasteiger partial charge < -0.3 is 16.0 Å². The maximum Gasteiger partial charge on any atom is 0.244 e. The minimum Gasteiger partial charge on any atom is -0.398 e. The molecule has 0 heterocycles. The number of Topliss-reactive ketones (excluding diaryl/α,β-unsaturated/α-hetero) is 1. The first-order valence-electron chi connectivity index (χ1n) is 5.71. The maximum absolute atomic E-state index is 11.7. The van der Waals surface area contributed by atoms with Crippen LogP contribution in [0.3, 0.4) is 0 Å². The summed E-state index contributed by atoms with van der Waals surface area (Å²) in [5.41, 5.74) is 7.41. The number of amides is 1. The number of hydrogen-bond donors (Lipinski definition) is 2. The van der Waals surface area contributed by atoms with Crippen LogP contribution in [0.15, 0.2) is 18.2 Å². The summed E-state index contributed by atoms with van der Waals surface area (Å²) < 4.78 is 0. The van der Waals surface area contributed by atoms with Crippen molar-refractivity contribution in [3.05, 3.63) is 23.8 Å². The summed E-state index contributed by atoms with van der Waals surface area (Å²) >= 11 is 0. The molecule has 0 spiro atoms. The highest BCUT2D eigenvalue weighted by Crippen LogP contribution is 2.19. The summed E-state index contributed by atoms with van der Waals surface area (Å²) in [6, 6.07) is 4.72. The van der Waals surface area contributed by atoms with Gasteiger partial charge in [-0.2, -0.15) is 0 Å². The molecule has 0 saturated heterocycles. The average molecular weight is 249 g/mol. The van der Waals surface area contributed by atoms with Gasteiger partial charge in [-0.15, -0.1) is 0 Å². The zero-order chi connectivity index (χ0) is 13.9. The van der Waals surface area contributed by atoms with Crippen LogP contribution in [0.4, 0.5) is 11.4 Å². The van der Waals surface area contributed by atoms with Gasteiger partial charge in [0.15, 0.2) is 5.78 Å². The van der Waals surface area contributed by atoms with Gasteiger partial charge in [0.25, 0.3) is 0 Å². The largest absolute Gasteiger partial charge is 0.398 e. The third kappa shape index (κ3) is 3.23. The number of likely N-dealkylation sites (N-methyl/N-ethyl adjacent to an activating group) is 1. The van der Waals surface area contributed by atoms with E-state index in [1.165, 1.54) is 11.8 Å². The third-order valence-corrected chi connectivity index (χ3v) is 2.63. The van der Waals surface area contributed by atoms with E-state index >= 15 is 0 Å². The minimum absolute atomic E-state index is 0.0239. The van der Waals surface area contributed by atoms with Gasteiger partial charge in [0.05, 0.1) is 0 Å². The van der Waals surface area contributed by atoms with E-state index in [1.807, 2.05) is 0 Å². The molecular formula is C13H19N3O2. The highest BCUT2D eigenvalue weighted by molar-refractivity contribution is 5.99. The van der Waals surface area contributed by atoms with Crippen LogP contribution in [0, 0.1) is 0 Å². The third-order valence-electron chi connectivity index (χ3n) is 2.63. The lowest BCUT2D eigenvalue weighted by atomic mass is 10.1. The van der Waals surface area contributed by atoms with Crippen LogP contribution in [0.5, 0.6) is 0 Å². The molecule has 3 N–H and O–H groups in total. The van der Waals surface area contributed by atoms with Gasteiger partial charge >= 0.3 is 0 Å². The van der Waals surface area contributed by atoms with E-state index in [-0.39, 0.29) is 17.7 Å². The van der Waals surface area contributed by atoms with Gasteiger partial charge in [0, 0.05) is 31.0 Å². The molecule has 1 rings (SSSR count). The lowest BCUT2D eigenvalue weighted by Crippen LogP contribution is -2.36. The maximum atomic E-state index is 11.7. The number of nitrogens with one attached hydrogen (secondary N) is 1. The van der Waals surface area contributed by atoms with Crippen molar-refractivity contribution in [1.82, 2.24) is 4.90 Å². The Kier molecular flexibility index (Phi) is 4.31. The second-order valence-corrected chi connectivity index (χ2v) is 4.46. The molecule has 1 aromatic rings. The Morgan fingerprint density at radius 1 is 1.33 bits per heavy atom. The highest BCUT2D eigenvalue weighted by Gasteiger charge is 2.15. The molecule has 0 fully saturated rings. The van der Waals surface area contributed by atoms with Crippen molar-refractivity contribution in [3.8, 4) is 0 Å². The van der Waals surface area contributed by atoms with Crippen molar-refractivity contribution in [2.24, 2.45) is 0 Å². The summed E-state index contributed by atoms with van der Waals surface area (Å²) in [4.78, 5) is 24.4. The number of nitrogens with two attached hydrogens (primary N) is 1. The number of anilines is 2. The van der Waals surface area contributed by atoms with Crippen molar-refractivity contribution < 1.29 is 9.59 Å². The Morgan fingerprint density at radius 2 is 1.94 bits per heavy atom. The summed E-state index contributed by atoms with van der Waals surface area (Å²) in [6.07, 6.45) is 0. The van der Waals surface area contributed by atoms with E-state index in [0.29, 0.717) is 11.3 Å². The van der Waals surface area contributed by atoms with E-state index < -0.39 is 0 Å².